The third-order valence-electron chi connectivity index (χ3n) is 7.13. The summed E-state index contributed by atoms with van der Waals surface area (Å²) in [5.41, 5.74) is 0. The molecule has 0 unspecified atom stereocenters. The third kappa shape index (κ3) is 5.28. The summed E-state index contributed by atoms with van der Waals surface area (Å²) in [4.78, 5) is 0. The van der Waals surface area contributed by atoms with Gasteiger partial charge in [0.15, 0.2) is 22.5 Å². The van der Waals surface area contributed by atoms with Crippen LogP contribution in [0.4, 0.5) is 4.39 Å². The van der Waals surface area contributed by atoms with E-state index in [1.54, 1.807) is 30.0 Å². The van der Waals surface area contributed by atoms with Crippen LogP contribution in [0.15, 0.2) is 58.2 Å². The van der Waals surface area contributed by atoms with Crippen molar-refractivity contribution in [3.63, 3.8) is 0 Å². The van der Waals surface area contributed by atoms with Gasteiger partial charge in [-0.25, -0.2) is 4.39 Å². The summed E-state index contributed by atoms with van der Waals surface area (Å²) < 4.78 is 29.0. The Morgan fingerprint density at radius 2 is 2.00 bits per heavy atom. The van der Waals surface area contributed by atoms with Crippen molar-refractivity contribution in [1.82, 2.24) is 14.8 Å². The fourth-order valence-corrected chi connectivity index (χ4v) is 6.78. The number of hydrogen-bond donors (Lipinski definition) is 0. The molecule has 0 spiro atoms. The molecule has 2 fully saturated rings. The molecule has 0 radical (unpaired) electrons. The second-order valence-corrected chi connectivity index (χ2v) is 11.2. The predicted molar refractivity (Wildman–Crippen MR) is 135 cm³/mol. The summed E-state index contributed by atoms with van der Waals surface area (Å²) in [5.74, 6) is 4.47. The Kier molecular flexibility index (Phi) is 7.44. The Bertz CT molecular complexity index is 1130. The third-order valence-corrected chi connectivity index (χ3v) is 8.53. The van der Waals surface area contributed by atoms with Crippen LogP contribution in [0.1, 0.15) is 44.5 Å². The molecule has 2 bridgehead atoms. The molecule has 0 aliphatic heterocycles. The van der Waals surface area contributed by atoms with Crippen LogP contribution in [0.2, 0.25) is 0 Å². The number of para-hydroxylation sites is 1. The number of nitrogens with zero attached hydrogens (tertiary/aromatic N) is 3. The number of fused-ring (bicyclic) bond motifs is 2. The molecule has 0 N–H and O–H groups in total. The monoisotopic (exact) mass is 545 g/mol. The Labute approximate surface area is 212 Å². The first kappa shape index (κ1) is 23.7. The molecule has 0 saturated heterocycles. The molecule has 2 saturated carbocycles. The van der Waals surface area contributed by atoms with E-state index < -0.39 is 0 Å². The van der Waals surface area contributed by atoms with Crippen LogP contribution in [0.5, 0.6) is 11.5 Å². The van der Waals surface area contributed by atoms with Crippen molar-refractivity contribution in [2.24, 2.45) is 17.8 Å². The zero-order chi connectivity index (χ0) is 23.5. The highest BCUT2D eigenvalue weighted by Gasteiger charge is 2.43. The molecule has 1 heterocycles. The first-order chi connectivity index (χ1) is 16.6. The van der Waals surface area contributed by atoms with Crippen molar-refractivity contribution in [3.8, 4) is 11.5 Å². The maximum atomic E-state index is 14.1. The van der Waals surface area contributed by atoms with E-state index in [0.29, 0.717) is 12.5 Å². The molecule has 2 aromatic carbocycles. The number of thioether (sulfide) groups is 1. The van der Waals surface area contributed by atoms with Gasteiger partial charge < -0.3 is 9.47 Å². The normalized spacial score (nSPS) is 22.1. The number of hydrogen-bond acceptors (Lipinski definition) is 5. The summed E-state index contributed by atoms with van der Waals surface area (Å²) in [6, 6.07) is 14.6. The fourth-order valence-electron chi connectivity index (χ4n) is 5.54. The van der Waals surface area contributed by atoms with Crippen molar-refractivity contribution >= 4 is 27.7 Å². The van der Waals surface area contributed by atoms with Gasteiger partial charge in [-0.1, -0.05) is 52.3 Å². The van der Waals surface area contributed by atoms with Gasteiger partial charge in [0.1, 0.15) is 12.4 Å². The molecule has 1 aromatic heterocycles. The summed E-state index contributed by atoms with van der Waals surface area (Å²) in [6.45, 7) is 3.04. The minimum Gasteiger partial charge on any atom is -0.493 e. The number of aromatic nitrogens is 3. The van der Waals surface area contributed by atoms with E-state index in [4.69, 9.17) is 9.47 Å². The number of rotatable bonds is 10. The summed E-state index contributed by atoms with van der Waals surface area (Å²) in [7, 11) is 0. The molecular weight excluding hydrogens is 517 g/mol. The van der Waals surface area contributed by atoms with Crippen LogP contribution in [-0.2, 0) is 6.61 Å². The topological polar surface area (TPSA) is 49.2 Å². The van der Waals surface area contributed by atoms with Crippen molar-refractivity contribution in [3.05, 3.63) is 64.6 Å². The highest BCUT2D eigenvalue weighted by atomic mass is 79.9. The van der Waals surface area contributed by atoms with Crippen molar-refractivity contribution in [1.29, 1.82) is 0 Å². The molecule has 5 nitrogen and oxygen atoms in total. The second kappa shape index (κ2) is 10.7. The summed E-state index contributed by atoms with van der Waals surface area (Å²) >= 11 is 5.12. The van der Waals surface area contributed by atoms with Crippen LogP contribution in [0.3, 0.4) is 0 Å². The van der Waals surface area contributed by atoms with Gasteiger partial charge in [0, 0.05) is 16.3 Å². The van der Waals surface area contributed by atoms with Gasteiger partial charge in [-0.05, 0) is 74.3 Å². The van der Waals surface area contributed by atoms with Gasteiger partial charge in [0.25, 0.3) is 0 Å². The molecule has 2 aliphatic rings. The van der Waals surface area contributed by atoms with Crippen LogP contribution in [0.25, 0.3) is 0 Å². The summed E-state index contributed by atoms with van der Waals surface area (Å²) in [5, 5.41) is 9.84. The summed E-state index contributed by atoms with van der Waals surface area (Å²) in [6.07, 6.45) is 5.31. The Morgan fingerprint density at radius 3 is 2.76 bits per heavy atom. The molecule has 0 amide bonds. The van der Waals surface area contributed by atoms with Crippen molar-refractivity contribution in [2.45, 2.75) is 50.4 Å². The second-order valence-electron chi connectivity index (χ2n) is 9.22. The molecule has 2 aliphatic carbocycles. The van der Waals surface area contributed by atoms with Gasteiger partial charge in [-0.15, -0.1) is 10.2 Å². The molecule has 4 atom stereocenters. The fraction of sp³-hybridized carbons (Fsp3) is 0.462. The minimum absolute atomic E-state index is 0.189. The molecule has 180 valence electrons. The quantitative estimate of drug-likeness (QED) is 0.204. The zero-order valence-corrected chi connectivity index (χ0v) is 21.6. The lowest BCUT2D eigenvalue weighted by Crippen LogP contribution is -2.24. The van der Waals surface area contributed by atoms with Gasteiger partial charge in [-0.3, -0.25) is 4.57 Å². The Balaban J connectivity index is 1.29. The van der Waals surface area contributed by atoms with E-state index >= 15 is 0 Å². The van der Waals surface area contributed by atoms with E-state index in [-0.39, 0.29) is 24.2 Å². The average molecular weight is 547 g/mol. The van der Waals surface area contributed by atoms with Crippen molar-refractivity contribution < 1.29 is 13.9 Å². The Morgan fingerprint density at radius 1 is 1.12 bits per heavy atom. The Hall–Kier alpha value is -2.06. The standard InChI is InChI=1S/C26H29BrFN3O2S/c1-17(22-14-18-9-10-19(22)13-18)31-25(16-33-24-8-3-2-7-23(24)28)29-30-26(31)34-12-11-32-21-6-4-5-20(27)15-21/h2-8,15,17-19,22H,9-14,16H2,1H3/t17-,18+,19+,22+/m1/s1. The molecule has 34 heavy (non-hydrogen) atoms. The minimum atomic E-state index is -0.367. The smallest absolute Gasteiger partial charge is 0.191 e. The maximum Gasteiger partial charge on any atom is 0.191 e. The van der Waals surface area contributed by atoms with Gasteiger partial charge in [0.05, 0.1) is 6.61 Å². The van der Waals surface area contributed by atoms with E-state index in [0.717, 1.165) is 38.8 Å². The van der Waals surface area contributed by atoms with Crippen LogP contribution in [-0.4, -0.2) is 27.1 Å². The van der Waals surface area contributed by atoms with Crippen molar-refractivity contribution in [2.75, 3.05) is 12.4 Å². The molecule has 5 rings (SSSR count). The molecule has 8 heteroatoms. The zero-order valence-electron chi connectivity index (χ0n) is 19.2. The predicted octanol–water partition coefficient (Wildman–Crippen LogP) is 6.93. The lowest BCUT2D eigenvalue weighted by molar-refractivity contribution is 0.215. The van der Waals surface area contributed by atoms with Crippen LogP contribution in [0, 0.1) is 23.6 Å². The molecular formula is C26H29BrFN3O2S. The lowest BCUT2D eigenvalue weighted by Gasteiger charge is -2.30. The lowest BCUT2D eigenvalue weighted by atomic mass is 9.84. The average Bonchev–Trinajstić information content (AvgIpc) is 3.57. The number of halogens is 2. The highest BCUT2D eigenvalue weighted by molar-refractivity contribution is 9.10. The number of benzene rings is 2. The highest BCUT2D eigenvalue weighted by Crippen LogP contribution is 2.52. The van der Waals surface area contributed by atoms with E-state index in [2.05, 4.69) is 37.6 Å². The van der Waals surface area contributed by atoms with E-state index in [9.17, 15) is 4.39 Å². The van der Waals surface area contributed by atoms with Gasteiger partial charge in [-0.2, -0.15) is 0 Å². The SMILES string of the molecule is C[C@H]([C@@H]1C[C@H]2CC[C@H]1C2)n1c(COc2ccccc2F)nnc1SCCOc1cccc(Br)c1. The van der Waals surface area contributed by atoms with Crippen LogP contribution < -0.4 is 9.47 Å². The van der Waals surface area contributed by atoms with E-state index in [1.807, 2.05) is 24.3 Å². The molecule has 3 aromatic rings. The largest absolute Gasteiger partial charge is 0.493 e. The van der Waals surface area contributed by atoms with Crippen LogP contribution >= 0.6 is 27.7 Å². The van der Waals surface area contributed by atoms with E-state index in [1.165, 1.54) is 31.7 Å². The first-order valence-corrected chi connectivity index (χ1v) is 13.7. The number of ether oxygens (including phenoxy) is 2. The van der Waals surface area contributed by atoms with Gasteiger partial charge >= 0.3 is 0 Å². The first-order valence-electron chi connectivity index (χ1n) is 11.9. The maximum absolute atomic E-state index is 14.1. The van der Waals surface area contributed by atoms with Gasteiger partial charge in [0.2, 0.25) is 0 Å².